The van der Waals surface area contributed by atoms with Crippen LogP contribution in [0, 0.1) is 0 Å². The van der Waals surface area contributed by atoms with Gasteiger partial charge in [-0.2, -0.15) is 13.2 Å². The number of hydrogen-bond acceptors (Lipinski definition) is 6. The molecule has 1 N–H and O–H groups in total. The molecule has 0 fully saturated rings. The first-order valence-electron chi connectivity index (χ1n) is 9.96. The smallest absolute Gasteiger partial charge is 0.493 e. The number of pyridine rings is 1. The Balaban J connectivity index is 2.19. The molecule has 0 aliphatic rings. The first-order valence-corrected chi connectivity index (χ1v) is 10.8. The quantitative estimate of drug-likeness (QED) is 0.366. The van der Waals surface area contributed by atoms with Gasteiger partial charge in [-0.25, -0.2) is 4.98 Å². The third-order valence-corrected chi connectivity index (χ3v) is 5.84. The van der Waals surface area contributed by atoms with E-state index in [1.807, 2.05) is 6.92 Å². The van der Waals surface area contributed by atoms with Crippen molar-refractivity contribution in [1.82, 2.24) is 9.97 Å². The van der Waals surface area contributed by atoms with Crippen LogP contribution >= 0.6 is 11.3 Å². The lowest BCUT2D eigenvalue weighted by molar-refractivity contribution is -0.276. The number of nitrogens with zero attached hydrogens (tertiary/aromatic N) is 2. The highest BCUT2D eigenvalue weighted by atomic mass is 32.1. The van der Waals surface area contributed by atoms with Crippen LogP contribution < -0.4 is 9.47 Å². The molecule has 0 saturated carbocycles. The van der Waals surface area contributed by atoms with Gasteiger partial charge in [-0.3, -0.25) is 4.98 Å². The molecule has 2 aromatic heterocycles. The lowest BCUT2D eigenvalue weighted by Gasteiger charge is -2.27. The van der Waals surface area contributed by atoms with Crippen LogP contribution in [0.15, 0.2) is 30.6 Å². The predicted octanol–water partition coefficient (Wildman–Crippen LogP) is 6.43. The monoisotopic (exact) mass is 494 g/mol. The van der Waals surface area contributed by atoms with Crippen LogP contribution in [0.25, 0.3) is 10.2 Å². The molecule has 12 heteroatoms. The van der Waals surface area contributed by atoms with Crippen LogP contribution in [-0.4, -0.2) is 28.0 Å². The second kappa shape index (κ2) is 9.34. The Morgan fingerprint density at radius 2 is 1.73 bits per heavy atom. The highest BCUT2D eigenvalue weighted by Gasteiger charge is 2.41. The van der Waals surface area contributed by atoms with Crippen LogP contribution in [0.5, 0.6) is 11.5 Å². The second-order valence-corrected chi connectivity index (χ2v) is 8.24. The molecule has 1 aromatic carbocycles. The van der Waals surface area contributed by atoms with Crippen molar-refractivity contribution in [3.63, 3.8) is 0 Å². The van der Waals surface area contributed by atoms with Crippen LogP contribution in [0.2, 0.25) is 0 Å². The lowest BCUT2D eigenvalue weighted by atomic mass is 9.90. The summed E-state index contributed by atoms with van der Waals surface area (Å²) in [5.41, 5.74) is -3.34. The zero-order valence-electron chi connectivity index (χ0n) is 17.5. The van der Waals surface area contributed by atoms with Gasteiger partial charge in [0.2, 0.25) is 0 Å². The Kier molecular flexibility index (Phi) is 7.08. The number of aromatic nitrogens is 2. The molecule has 0 saturated heterocycles. The largest absolute Gasteiger partial charge is 0.573 e. The summed E-state index contributed by atoms with van der Waals surface area (Å²) in [7, 11) is 0. The van der Waals surface area contributed by atoms with E-state index in [1.54, 1.807) is 13.0 Å². The van der Waals surface area contributed by atoms with Gasteiger partial charge in [0.25, 0.3) is 0 Å². The molecule has 5 nitrogen and oxygen atoms in total. The molecule has 3 rings (SSSR count). The van der Waals surface area contributed by atoms with Gasteiger partial charge in [0.1, 0.15) is 27.7 Å². The number of rotatable bonds is 8. The molecule has 0 spiro atoms. The summed E-state index contributed by atoms with van der Waals surface area (Å²) >= 11 is 0.772. The second-order valence-electron chi connectivity index (χ2n) is 7.21. The molecule has 2 heterocycles. The van der Waals surface area contributed by atoms with Gasteiger partial charge in [0, 0.05) is 18.5 Å². The molecule has 0 aliphatic heterocycles. The van der Waals surface area contributed by atoms with Crippen molar-refractivity contribution in [3.05, 3.63) is 46.7 Å². The molecule has 0 amide bonds. The lowest BCUT2D eigenvalue weighted by Crippen LogP contribution is -2.28. The summed E-state index contributed by atoms with van der Waals surface area (Å²) in [6.45, 7) is 4.04. The fourth-order valence-corrected chi connectivity index (χ4v) is 4.42. The molecular formula is C21H20F6N2O3S. The van der Waals surface area contributed by atoms with Crippen LogP contribution in [-0.2, 0) is 11.8 Å². The van der Waals surface area contributed by atoms with E-state index in [4.69, 9.17) is 4.74 Å². The van der Waals surface area contributed by atoms with E-state index in [0.29, 0.717) is 37.3 Å². The van der Waals surface area contributed by atoms with Crippen molar-refractivity contribution in [2.45, 2.75) is 51.2 Å². The van der Waals surface area contributed by atoms with E-state index >= 15 is 0 Å². The number of hydrogen-bond donors (Lipinski definition) is 1. The molecule has 0 radical (unpaired) electrons. The SMILES string of the molecule is CCCOc1ccncc1C(O)(CCC)c1nc2cc(C(F)(F)F)c(OC(F)(F)F)cc2s1. The Labute approximate surface area is 189 Å². The average Bonchev–Trinajstić information content (AvgIpc) is 3.14. The van der Waals surface area contributed by atoms with Crippen molar-refractivity contribution in [3.8, 4) is 11.5 Å². The van der Waals surface area contributed by atoms with Gasteiger partial charge in [0.15, 0.2) is 0 Å². The molecule has 3 aromatic rings. The normalized spacial score (nSPS) is 14.3. The summed E-state index contributed by atoms with van der Waals surface area (Å²) in [6.07, 6.45) is -6.29. The zero-order valence-corrected chi connectivity index (χ0v) is 18.4. The first-order chi connectivity index (χ1) is 15.4. The minimum atomic E-state index is -5.31. The predicted molar refractivity (Wildman–Crippen MR) is 109 cm³/mol. The summed E-state index contributed by atoms with van der Waals surface area (Å²) in [5, 5.41) is 11.6. The molecule has 0 aliphatic carbocycles. The van der Waals surface area contributed by atoms with Gasteiger partial charge in [-0.15, -0.1) is 24.5 Å². The van der Waals surface area contributed by atoms with Crippen LogP contribution in [0.4, 0.5) is 26.3 Å². The fraction of sp³-hybridized carbons (Fsp3) is 0.429. The maximum absolute atomic E-state index is 13.4. The van der Waals surface area contributed by atoms with Crippen molar-refractivity contribution in [2.75, 3.05) is 6.61 Å². The number of halogens is 6. The van der Waals surface area contributed by atoms with Gasteiger partial charge < -0.3 is 14.6 Å². The highest BCUT2D eigenvalue weighted by Crippen LogP contribution is 2.45. The van der Waals surface area contributed by atoms with Gasteiger partial charge >= 0.3 is 12.5 Å². The minimum absolute atomic E-state index is 0.00554. The third-order valence-electron chi connectivity index (χ3n) is 4.67. The zero-order chi connectivity index (χ0) is 24.4. The van der Waals surface area contributed by atoms with E-state index in [9.17, 15) is 31.4 Å². The standard InChI is InChI=1S/C21H20F6N2O3S/c1-3-6-19(30,13-11-28-7-5-15(13)31-8-4-2)18-29-14-9-12(20(22,23)24)16(10-17(14)33-18)32-21(25,26)27/h5,7,9-11,30H,3-4,6,8H2,1-2H3. The molecule has 0 bridgehead atoms. The molecule has 1 atom stereocenters. The summed E-state index contributed by atoms with van der Waals surface area (Å²) in [4.78, 5) is 8.19. The molecular weight excluding hydrogens is 474 g/mol. The number of alkyl halides is 6. The van der Waals surface area contributed by atoms with E-state index in [0.717, 1.165) is 11.3 Å². The van der Waals surface area contributed by atoms with E-state index in [2.05, 4.69) is 14.7 Å². The number of ether oxygens (including phenoxy) is 2. The Morgan fingerprint density at radius 3 is 2.33 bits per heavy atom. The number of thiazole rings is 1. The Bertz CT molecular complexity index is 1120. The fourth-order valence-electron chi connectivity index (χ4n) is 3.31. The maximum atomic E-state index is 13.4. The molecule has 33 heavy (non-hydrogen) atoms. The maximum Gasteiger partial charge on any atom is 0.573 e. The summed E-state index contributed by atoms with van der Waals surface area (Å²) in [5.74, 6) is -1.05. The van der Waals surface area contributed by atoms with Gasteiger partial charge in [-0.05, 0) is 25.0 Å². The van der Waals surface area contributed by atoms with Crippen LogP contribution in [0.1, 0.15) is 49.2 Å². The summed E-state index contributed by atoms with van der Waals surface area (Å²) in [6, 6.07) is 2.67. The van der Waals surface area contributed by atoms with Crippen LogP contribution in [0.3, 0.4) is 0 Å². The number of benzene rings is 1. The third kappa shape index (κ3) is 5.49. The summed E-state index contributed by atoms with van der Waals surface area (Å²) < 4.78 is 87.6. The van der Waals surface area contributed by atoms with E-state index in [1.165, 1.54) is 12.4 Å². The van der Waals surface area contributed by atoms with Crippen molar-refractivity contribution >= 4 is 21.6 Å². The average molecular weight is 494 g/mol. The molecule has 180 valence electrons. The first kappa shape index (κ1) is 25.0. The number of aliphatic hydroxyl groups is 1. The molecule has 1 unspecified atom stereocenters. The van der Waals surface area contributed by atoms with E-state index in [-0.39, 0.29) is 27.2 Å². The van der Waals surface area contributed by atoms with Crippen molar-refractivity contribution < 1.29 is 40.9 Å². The van der Waals surface area contributed by atoms with Gasteiger partial charge in [0.05, 0.1) is 22.4 Å². The minimum Gasteiger partial charge on any atom is -0.493 e. The number of fused-ring (bicyclic) bond motifs is 1. The van der Waals surface area contributed by atoms with Crippen molar-refractivity contribution in [1.29, 1.82) is 0 Å². The highest BCUT2D eigenvalue weighted by molar-refractivity contribution is 7.18. The Hall–Kier alpha value is -2.60. The topological polar surface area (TPSA) is 64.5 Å². The van der Waals surface area contributed by atoms with Gasteiger partial charge in [-0.1, -0.05) is 20.3 Å². The Morgan fingerprint density at radius 1 is 1.00 bits per heavy atom. The van der Waals surface area contributed by atoms with Crippen molar-refractivity contribution in [2.24, 2.45) is 0 Å². The van der Waals surface area contributed by atoms with E-state index < -0.39 is 29.5 Å².